The number of rotatable bonds is 4. The maximum Gasteiger partial charge on any atom is 0.249 e. The summed E-state index contributed by atoms with van der Waals surface area (Å²) in [6.07, 6.45) is 1.50. The molecule has 3 aromatic rings. The molecule has 0 bridgehead atoms. The summed E-state index contributed by atoms with van der Waals surface area (Å²) >= 11 is 18.1. The fourth-order valence-corrected chi connectivity index (χ4v) is 2.75. The molecule has 122 valence electrons. The Labute approximate surface area is 154 Å². The highest BCUT2D eigenvalue weighted by Crippen LogP contribution is 2.26. The third kappa shape index (κ3) is 4.06. The lowest BCUT2D eigenvalue weighted by molar-refractivity contribution is 0.982. The van der Waals surface area contributed by atoms with E-state index in [0.29, 0.717) is 32.5 Å². The van der Waals surface area contributed by atoms with Gasteiger partial charge in [-0.05, 0) is 42.8 Å². The molecule has 5 nitrogen and oxygen atoms in total. The molecule has 0 radical (unpaired) electrons. The predicted octanol–water partition coefficient (Wildman–Crippen LogP) is 5.63. The monoisotopic (exact) mass is 379 g/mol. The second-order valence-corrected chi connectivity index (χ2v) is 6.27. The Morgan fingerprint density at radius 1 is 0.958 bits per heavy atom. The largest absolute Gasteiger partial charge is 0.339 e. The minimum absolute atomic E-state index is 0.346. The molecular weight excluding hydrogens is 369 g/mol. The third-order valence-corrected chi connectivity index (χ3v) is 4.05. The lowest BCUT2D eigenvalue weighted by atomic mass is 10.2. The molecule has 0 atom stereocenters. The number of nitrogens with one attached hydrogen (secondary N) is 2. The molecule has 3 rings (SSSR count). The van der Waals surface area contributed by atoms with E-state index in [1.165, 1.54) is 6.20 Å². The fourth-order valence-electron chi connectivity index (χ4n) is 2.05. The van der Waals surface area contributed by atoms with E-state index in [1.807, 2.05) is 25.1 Å². The van der Waals surface area contributed by atoms with E-state index in [-0.39, 0.29) is 0 Å². The molecule has 24 heavy (non-hydrogen) atoms. The molecule has 0 spiro atoms. The predicted molar refractivity (Wildman–Crippen MR) is 99.0 cm³/mol. The molecule has 2 aromatic carbocycles. The van der Waals surface area contributed by atoms with Crippen molar-refractivity contribution in [2.75, 3.05) is 10.6 Å². The highest BCUT2D eigenvalue weighted by molar-refractivity contribution is 6.35. The molecule has 0 fully saturated rings. The highest BCUT2D eigenvalue weighted by Gasteiger charge is 2.06. The van der Waals surface area contributed by atoms with Crippen LogP contribution in [-0.2, 0) is 0 Å². The first-order valence-corrected chi connectivity index (χ1v) is 8.09. The number of hydrogen-bond donors (Lipinski definition) is 2. The zero-order valence-corrected chi connectivity index (χ0v) is 14.8. The molecule has 0 aliphatic rings. The van der Waals surface area contributed by atoms with Crippen LogP contribution in [0, 0.1) is 6.92 Å². The van der Waals surface area contributed by atoms with Crippen LogP contribution < -0.4 is 10.6 Å². The standard InChI is InChI=1S/C16H12Cl3N5/c1-9-13(19)3-2-4-14(9)22-16-23-15(8-20-24-16)21-12-6-10(17)5-11(18)7-12/h2-8H,1H3,(H2,21,22,23,24). The Hall–Kier alpha value is -2.08. The lowest BCUT2D eigenvalue weighted by Gasteiger charge is -2.10. The van der Waals surface area contributed by atoms with Crippen LogP contribution in [0.2, 0.25) is 15.1 Å². The van der Waals surface area contributed by atoms with Gasteiger partial charge in [-0.2, -0.15) is 10.1 Å². The molecule has 0 aliphatic carbocycles. The van der Waals surface area contributed by atoms with Gasteiger partial charge in [0.1, 0.15) is 0 Å². The normalized spacial score (nSPS) is 10.5. The molecule has 2 N–H and O–H groups in total. The molecular formula is C16H12Cl3N5. The first kappa shape index (κ1) is 16.8. The van der Waals surface area contributed by atoms with Crippen molar-refractivity contribution in [1.82, 2.24) is 15.2 Å². The first-order chi connectivity index (χ1) is 11.5. The number of nitrogens with zero attached hydrogens (tertiary/aromatic N) is 3. The van der Waals surface area contributed by atoms with Crippen LogP contribution in [0.4, 0.5) is 23.1 Å². The Morgan fingerprint density at radius 2 is 1.71 bits per heavy atom. The van der Waals surface area contributed by atoms with E-state index >= 15 is 0 Å². The van der Waals surface area contributed by atoms with Gasteiger partial charge in [0, 0.05) is 26.4 Å². The van der Waals surface area contributed by atoms with E-state index in [1.54, 1.807) is 18.2 Å². The summed E-state index contributed by atoms with van der Waals surface area (Å²) in [6.45, 7) is 1.91. The van der Waals surface area contributed by atoms with Crippen LogP contribution in [0.1, 0.15) is 5.56 Å². The zero-order valence-electron chi connectivity index (χ0n) is 12.5. The number of benzene rings is 2. The van der Waals surface area contributed by atoms with Gasteiger partial charge in [0.25, 0.3) is 0 Å². The zero-order chi connectivity index (χ0) is 17.1. The number of aromatic nitrogens is 3. The summed E-state index contributed by atoms with van der Waals surface area (Å²) in [7, 11) is 0. The van der Waals surface area contributed by atoms with Crippen molar-refractivity contribution in [2.24, 2.45) is 0 Å². The van der Waals surface area contributed by atoms with Gasteiger partial charge in [-0.3, -0.25) is 0 Å². The first-order valence-electron chi connectivity index (χ1n) is 6.96. The van der Waals surface area contributed by atoms with E-state index in [9.17, 15) is 0 Å². The van der Waals surface area contributed by atoms with Crippen LogP contribution in [-0.4, -0.2) is 15.2 Å². The average molecular weight is 381 g/mol. The molecule has 1 heterocycles. The van der Waals surface area contributed by atoms with Gasteiger partial charge in [-0.25, -0.2) is 0 Å². The number of hydrogen-bond acceptors (Lipinski definition) is 5. The summed E-state index contributed by atoms with van der Waals surface area (Å²) in [5.74, 6) is 0.851. The number of halogens is 3. The lowest BCUT2D eigenvalue weighted by Crippen LogP contribution is -2.03. The van der Waals surface area contributed by atoms with Crippen molar-refractivity contribution < 1.29 is 0 Å². The minimum Gasteiger partial charge on any atom is -0.339 e. The number of anilines is 4. The molecule has 0 saturated carbocycles. The SMILES string of the molecule is Cc1c(Cl)cccc1Nc1nncc(Nc2cc(Cl)cc(Cl)c2)n1. The molecule has 1 aromatic heterocycles. The van der Waals surface area contributed by atoms with Gasteiger partial charge in [0.05, 0.1) is 6.20 Å². The second-order valence-electron chi connectivity index (χ2n) is 4.99. The van der Waals surface area contributed by atoms with Crippen molar-refractivity contribution in [3.05, 3.63) is 63.2 Å². The van der Waals surface area contributed by atoms with Crippen LogP contribution in [0.3, 0.4) is 0 Å². The van der Waals surface area contributed by atoms with Crippen LogP contribution in [0.5, 0.6) is 0 Å². The quantitative estimate of drug-likeness (QED) is 0.614. The molecule has 0 aliphatic heterocycles. The van der Waals surface area contributed by atoms with E-state index in [4.69, 9.17) is 34.8 Å². The van der Waals surface area contributed by atoms with Crippen molar-refractivity contribution in [3.63, 3.8) is 0 Å². The van der Waals surface area contributed by atoms with Gasteiger partial charge >= 0.3 is 0 Å². The van der Waals surface area contributed by atoms with Crippen molar-refractivity contribution >= 4 is 57.9 Å². The van der Waals surface area contributed by atoms with E-state index in [2.05, 4.69) is 25.8 Å². The van der Waals surface area contributed by atoms with Crippen LogP contribution >= 0.6 is 34.8 Å². The van der Waals surface area contributed by atoms with Crippen molar-refractivity contribution in [1.29, 1.82) is 0 Å². The summed E-state index contributed by atoms with van der Waals surface area (Å²) in [6, 6.07) is 10.7. The Morgan fingerprint density at radius 3 is 2.46 bits per heavy atom. The topological polar surface area (TPSA) is 62.7 Å². The maximum absolute atomic E-state index is 6.11. The summed E-state index contributed by atoms with van der Waals surface area (Å²) in [5.41, 5.74) is 2.42. The van der Waals surface area contributed by atoms with Gasteiger partial charge in [-0.1, -0.05) is 40.9 Å². The van der Waals surface area contributed by atoms with Crippen LogP contribution in [0.15, 0.2) is 42.6 Å². The Bertz CT molecular complexity index is 865. The summed E-state index contributed by atoms with van der Waals surface area (Å²) in [5, 5.41) is 15.8. The molecule has 0 saturated heterocycles. The second kappa shape index (κ2) is 7.21. The smallest absolute Gasteiger partial charge is 0.249 e. The van der Waals surface area contributed by atoms with Gasteiger partial charge in [0.15, 0.2) is 5.82 Å². The fraction of sp³-hybridized carbons (Fsp3) is 0.0625. The molecule has 0 unspecified atom stereocenters. The maximum atomic E-state index is 6.11. The Kier molecular flexibility index (Phi) is 5.04. The Balaban J connectivity index is 1.82. The highest BCUT2D eigenvalue weighted by atomic mass is 35.5. The van der Waals surface area contributed by atoms with Crippen LogP contribution in [0.25, 0.3) is 0 Å². The summed E-state index contributed by atoms with van der Waals surface area (Å²) in [4.78, 5) is 4.37. The third-order valence-electron chi connectivity index (χ3n) is 3.21. The van der Waals surface area contributed by atoms with E-state index in [0.717, 1.165) is 11.3 Å². The average Bonchev–Trinajstić information content (AvgIpc) is 2.51. The van der Waals surface area contributed by atoms with Gasteiger partial charge in [0.2, 0.25) is 5.95 Å². The molecule has 0 amide bonds. The van der Waals surface area contributed by atoms with Gasteiger partial charge < -0.3 is 10.6 Å². The molecule has 8 heteroatoms. The van der Waals surface area contributed by atoms with Gasteiger partial charge in [-0.15, -0.1) is 5.10 Å². The van der Waals surface area contributed by atoms with Crippen molar-refractivity contribution in [2.45, 2.75) is 6.92 Å². The van der Waals surface area contributed by atoms with E-state index < -0.39 is 0 Å². The van der Waals surface area contributed by atoms with Crippen molar-refractivity contribution in [3.8, 4) is 0 Å². The summed E-state index contributed by atoms with van der Waals surface area (Å²) < 4.78 is 0. The minimum atomic E-state index is 0.346.